The van der Waals surface area contributed by atoms with Crippen LogP contribution in [0.1, 0.15) is 36.8 Å². The van der Waals surface area contributed by atoms with Gasteiger partial charge in [0.25, 0.3) is 0 Å². The second-order valence-corrected chi connectivity index (χ2v) is 6.34. The van der Waals surface area contributed by atoms with Gasteiger partial charge in [0.05, 0.1) is 12.7 Å². The van der Waals surface area contributed by atoms with Crippen LogP contribution in [0.25, 0.3) is 0 Å². The minimum absolute atomic E-state index is 0.223. The van der Waals surface area contributed by atoms with Crippen LogP contribution in [0.15, 0.2) is 18.2 Å². The molecule has 3 nitrogen and oxygen atoms in total. The summed E-state index contributed by atoms with van der Waals surface area (Å²) in [5.74, 6) is -0.223. The summed E-state index contributed by atoms with van der Waals surface area (Å²) in [7, 11) is 0. The molecule has 2 aliphatic rings. The van der Waals surface area contributed by atoms with Crippen molar-refractivity contribution in [3.05, 3.63) is 35.1 Å². The van der Waals surface area contributed by atoms with Gasteiger partial charge < -0.3 is 10.5 Å². The Morgan fingerprint density at radius 2 is 2.19 bits per heavy atom. The summed E-state index contributed by atoms with van der Waals surface area (Å²) in [6.07, 6.45) is 5.09. The number of nitrogens with zero attached hydrogens (tertiary/aromatic N) is 1. The van der Waals surface area contributed by atoms with Gasteiger partial charge in [-0.15, -0.1) is 0 Å². The van der Waals surface area contributed by atoms with Crippen LogP contribution in [-0.4, -0.2) is 35.2 Å². The number of hydrogen-bond acceptors (Lipinski definition) is 3. The highest BCUT2D eigenvalue weighted by atomic mass is 32.1. The van der Waals surface area contributed by atoms with Crippen molar-refractivity contribution in [2.75, 3.05) is 13.2 Å². The molecule has 2 fully saturated rings. The first-order chi connectivity index (χ1) is 10.1. The lowest BCUT2D eigenvalue weighted by molar-refractivity contribution is -0.0913. The maximum Gasteiger partial charge on any atom is 0.128 e. The van der Waals surface area contributed by atoms with Crippen molar-refractivity contribution in [1.82, 2.24) is 4.90 Å². The van der Waals surface area contributed by atoms with Crippen LogP contribution in [0.3, 0.4) is 0 Å². The third-order valence-corrected chi connectivity index (χ3v) is 4.79. The number of hydrogen-bond donors (Lipinski definition) is 1. The largest absolute Gasteiger partial charge is 0.389 e. The van der Waals surface area contributed by atoms with Gasteiger partial charge in [-0.2, -0.15) is 0 Å². The van der Waals surface area contributed by atoms with E-state index in [1.807, 2.05) is 0 Å². The topological polar surface area (TPSA) is 38.5 Å². The molecule has 0 spiro atoms. The van der Waals surface area contributed by atoms with E-state index in [0.29, 0.717) is 29.8 Å². The zero-order chi connectivity index (χ0) is 14.8. The number of ether oxygens (including phenoxy) is 1. The van der Waals surface area contributed by atoms with Gasteiger partial charge in [-0.25, -0.2) is 4.39 Å². The summed E-state index contributed by atoms with van der Waals surface area (Å²) in [5.41, 5.74) is 6.84. The molecule has 0 bridgehead atoms. The standard InChI is InChI=1S/C16H21FN2OS/c17-13-9-11(16(18)21)5-6-12(13)10-19-7-8-20-15-4-2-1-3-14(15)19/h5-6,9,14-15H,1-4,7-8,10H2,(H2,18,21). The lowest BCUT2D eigenvalue weighted by atomic mass is 9.90. The Kier molecular flexibility index (Phi) is 4.52. The number of halogens is 1. The number of morpholine rings is 1. The fourth-order valence-corrected chi connectivity index (χ4v) is 3.55. The average Bonchev–Trinajstić information content (AvgIpc) is 2.49. The van der Waals surface area contributed by atoms with Crippen LogP contribution < -0.4 is 5.73 Å². The lowest BCUT2D eigenvalue weighted by Gasteiger charge is -2.43. The molecule has 0 radical (unpaired) electrons. The first-order valence-electron chi connectivity index (χ1n) is 7.59. The summed E-state index contributed by atoms with van der Waals surface area (Å²) in [5, 5.41) is 0. The number of rotatable bonds is 3. The molecule has 1 heterocycles. The number of benzene rings is 1. The molecular formula is C16H21FN2OS. The van der Waals surface area contributed by atoms with E-state index < -0.39 is 0 Å². The van der Waals surface area contributed by atoms with E-state index in [2.05, 4.69) is 4.90 Å². The molecule has 114 valence electrons. The fourth-order valence-electron chi connectivity index (χ4n) is 3.42. The van der Waals surface area contributed by atoms with Crippen LogP contribution in [0.4, 0.5) is 4.39 Å². The third kappa shape index (κ3) is 3.25. The molecule has 0 aromatic heterocycles. The first-order valence-corrected chi connectivity index (χ1v) is 8.00. The molecule has 5 heteroatoms. The monoisotopic (exact) mass is 308 g/mol. The third-order valence-electron chi connectivity index (χ3n) is 4.56. The molecule has 0 amide bonds. The van der Waals surface area contributed by atoms with Gasteiger partial charge in [-0.3, -0.25) is 4.90 Å². The molecule has 21 heavy (non-hydrogen) atoms. The molecule has 2 atom stereocenters. The zero-order valence-corrected chi connectivity index (χ0v) is 12.9. The van der Waals surface area contributed by atoms with Gasteiger partial charge in [0.1, 0.15) is 10.8 Å². The van der Waals surface area contributed by atoms with Crippen LogP contribution in [-0.2, 0) is 11.3 Å². The Balaban J connectivity index is 1.74. The van der Waals surface area contributed by atoms with Crippen LogP contribution in [0, 0.1) is 5.82 Å². The number of thiocarbonyl (C=S) groups is 1. The second kappa shape index (κ2) is 6.38. The SMILES string of the molecule is NC(=S)c1ccc(CN2CCOC3CCCCC32)c(F)c1. The molecule has 1 aromatic rings. The molecule has 1 saturated heterocycles. The highest BCUT2D eigenvalue weighted by Gasteiger charge is 2.34. The molecule has 3 rings (SSSR count). The quantitative estimate of drug-likeness (QED) is 0.871. The lowest BCUT2D eigenvalue weighted by Crippen LogP contribution is -2.52. The van der Waals surface area contributed by atoms with Gasteiger partial charge in [0.15, 0.2) is 0 Å². The van der Waals surface area contributed by atoms with Gasteiger partial charge in [0.2, 0.25) is 0 Å². The Morgan fingerprint density at radius 1 is 1.38 bits per heavy atom. The van der Waals surface area contributed by atoms with Crippen molar-refractivity contribution < 1.29 is 9.13 Å². The Bertz CT molecular complexity index is 535. The Morgan fingerprint density at radius 3 is 2.95 bits per heavy atom. The van der Waals surface area contributed by atoms with E-state index in [9.17, 15) is 4.39 Å². The molecule has 1 aliphatic heterocycles. The van der Waals surface area contributed by atoms with Gasteiger partial charge >= 0.3 is 0 Å². The number of fused-ring (bicyclic) bond motifs is 1. The second-order valence-electron chi connectivity index (χ2n) is 5.90. The summed E-state index contributed by atoms with van der Waals surface area (Å²) in [6, 6.07) is 5.48. The number of nitrogens with two attached hydrogens (primary N) is 1. The van der Waals surface area contributed by atoms with Crippen molar-refractivity contribution >= 4 is 17.2 Å². The van der Waals surface area contributed by atoms with E-state index in [1.54, 1.807) is 12.1 Å². The molecule has 2 N–H and O–H groups in total. The predicted molar refractivity (Wildman–Crippen MR) is 84.7 cm³/mol. The molecular weight excluding hydrogens is 287 g/mol. The minimum atomic E-state index is -0.223. The van der Waals surface area contributed by atoms with E-state index >= 15 is 0 Å². The van der Waals surface area contributed by atoms with Crippen LogP contribution in [0.5, 0.6) is 0 Å². The fraction of sp³-hybridized carbons (Fsp3) is 0.562. The van der Waals surface area contributed by atoms with Crippen molar-refractivity contribution in [3.8, 4) is 0 Å². The average molecular weight is 308 g/mol. The predicted octanol–water partition coefficient (Wildman–Crippen LogP) is 2.60. The summed E-state index contributed by atoms with van der Waals surface area (Å²) in [6.45, 7) is 2.25. The van der Waals surface area contributed by atoms with Crippen molar-refractivity contribution in [1.29, 1.82) is 0 Å². The van der Waals surface area contributed by atoms with Crippen molar-refractivity contribution in [2.45, 2.75) is 44.4 Å². The Hall–Kier alpha value is -1.04. The van der Waals surface area contributed by atoms with Gasteiger partial charge in [-0.05, 0) is 18.9 Å². The van der Waals surface area contributed by atoms with E-state index in [1.165, 1.54) is 18.9 Å². The molecule has 1 aromatic carbocycles. The highest BCUT2D eigenvalue weighted by molar-refractivity contribution is 7.80. The van der Waals surface area contributed by atoms with E-state index in [0.717, 1.165) is 26.0 Å². The summed E-state index contributed by atoms with van der Waals surface area (Å²) >= 11 is 4.89. The first kappa shape index (κ1) is 14.9. The molecule has 1 saturated carbocycles. The smallest absolute Gasteiger partial charge is 0.128 e. The summed E-state index contributed by atoms with van der Waals surface area (Å²) < 4.78 is 20.1. The van der Waals surface area contributed by atoms with Crippen LogP contribution >= 0.6 is 12.2 Å². The molecule has 1 aliphatic carbocycles. The van der Waals surface area contributed by atoms with Gasteiger partial charge in [-0.1, -0.05) is 37.2 Å². The Labute approximate surface area is 130 Å². The summed E-state index contributed by atoms with van der Waals surface area (Å²) in [4.78, 5) is 2.60. The highest BCUT2D eigenvalue weighted by Crippen LogP contribution is 2.29. The van der Waals surface area contributed by atoms with Crippen molar-refractivity contribution in [3.63, 3.8) is 0 Å². The maximum atomic E-state index is 14.2. The maximum absolute atomic E-state index is 14.2. The van der Waals surface area contributed by atoms with E-state index in [4.69, 9.17) is 22.7 Å². The normalized spacial score (nSPS) is 26.3. The molecule has 2 unspecified atom stereocenters. The zero-order valence-electron chi connectivity index (χ0n) is 12.1. The van der Waals surface area contributed by atoms with E-state index in [-0.39, 0.29) is 10.8 Å². The van der Waals surface area contributed by atoms with Crippen LogP contribution in [0.2, 0.25) is 0 Å². The van der Waals surface area contributed by atoms with Crippen molar-refractivity contribution in [2.24, 2.45) is 5.73 Å². The minimum Gasteiger partial charge on any atom is -0.389 e. The van der Waals surface area contributed by atoms with Gasteiger partial charge in [0, 0.05) is 30.3 Å².